The number of hydrogen-bond donors (Lipinski definition) is 3. The summed E-state index contributed by atoms with van der Waals surface area (Å²) in [5.41, 5.74) is 8.39. The van der Waals surface area contributed by atoms with Crippen LogP contribution >= 0.6 is 0 Å². The number of nitrogens with zero attached hydrogens (tertiary/aromatic N) is 2. The van der Waals surface area contributed by atoms with Crippen molar-refractivity contribution in [3.63, 3.8) is 0 Å². The van der Waals surface area contributed by atoms with Gasteiger partial charge in [-0.05, 0) is 19.1 Å². The van der Waals surface area contributed by atoms with Gasteiger partial charge in [0.1, 0.15) is 0 Å². The lowest BCUT2D eigenvalue weighted by Gasteiger charge is -1.99. The van der Waals surface area contributed by atoms with Crippen LogP contribution in [0.15, 0.2) is 40.2 Å². The lowest BCUT2D eigenvalue weighted by atomic mass is 10.3. The molecule has 7 nitrogen and oxygen atoms in total. The molecule has 0 fully saturated rings. The zero-order valence-corrected chi connectivity index (χ0v) is 10.3. The molecule has 1 aromatic carbocycles. The molecule has 0 unspecified atom stereocenters. The van der Waals surface area contributed by atoms with Crippen LogP contribution < -0.4 is 16.7 Å². The van der Waals surface area contributed by atoms with Gasteiger partial charge in [0.2, 0.25) is 0 Å². The predicted octanol–water partition coefficient (Wildman–Crippen LogP) is 0.476. The Morgan fingerprint density at radius 2 is 2.11 bits per heavy atom. The van der Waals surface area contributed by atoms with E-state index in [1.54, 1.807) is 19.1 Å². The Labute approximate surface area is 108 Å². The van der Waals surface area contributed by atoms with Crippen molar-refractivity contribution >= 4 is 12.2 Å². The van der Waals surface area contributed by atoms with Crippen LogP contribution in [0, 0.1) is 6.92 Å². The van der Waals surface area contributed by atoms with Gasteiger partial charge in [-0.15, -0.1) is 0 Å². The van der Waals surface area contributed by atoms with E-state index in [1.807, 2.05) is 23.6 Å². The zero-order valence-electron chi connectivity index (χ0n) is 10.3. The summed E-state index contributed by atoms with van der Waals surface area (Å²) in [5.74, 6) is 0. The zero-order chi connectivity index (χ0) is 13.8. The fraction of sp³-hybridized carbons (Fsp3) is 0.0833. The van der Waals surface area contributed by atoms with Gasteiger partial charge in [-0.3, -0.25) is 9.89 Å². The first-order valence-corrected chi connectivity index (χ1v) is 5.55. The Balaban J connectivity index is 2.38. The number of hydrazone groups is 1. The minimum Gasteiger partial charge on any atom is -0.350 e. The number of aryl methyl sites for hydroxylation is 1. The minimum absolute atomic E-state index is 0.251. The first-order valence-electron chi connectivity index (χ1n) is 5.55. The number of nitrogens with two attached hydrogens (primary N) is 1. The van der Waals surface area contributed by atoms with Gasteiger partial charge in [-0.25, -0.2) is 14.9 Å². The van der Waals surface area contributed by atoms with E-state index >= 15 is 0 Å². The predicted molar refractivity (Wildman–Crippen MR) is 71.4 cm³/mol. The van der Waals surface area contributed by atoms with Gasteiger partial charge < -0.3 is 5.73 Å². The van der Waals surface area contributed by atoms with Gasteiger partial charge in [0.25, 0.3) is 5.56 Å². The van der Waals surface area contributed by atoms with Crippen molar-refractivity contribution in [1.82, 2.24) is 15.2 Å². The summed E-state index contributed by atoms with van der Waals surface area (Å²) < 4.78 is 1.40. The van der Waals surface area contributed by atoms with Crippen LogP contribution in [0.2, 0.25) is 0 Å². The van der Waals surface area contributed by atoms with Crippen LogP contribution in [0.4, 0.5) is 4.79 Å². The maximum atomic E-state index is 12.2. The molecule has 0 aliphatic heterocycles. The average Bonchev–Trinajstić information content (AvgIpc) is 2.67. The van der Waals surface area contributed by atoms with Gasteiger partial charge in [-0.2, -0.15) is 5.10 Å². The highest BCUT2D eigenvalue weighted by Gasteiger charge is 2.10. The van der Waals surface area contributed by atoms with Crippen LogP contribution in [-0.2, 0) is 0 Å². The molecule has 2 amide bonds. The maximum absolute atomic E-state index is 12.2. The SMILES string of the molecule is Cc1[nH]n(-c2ccccc2)c(=O)c1/C=N\NC(N)=O. The second-order valence-corrected chi connectivity index (χ2v) is 3.86. The molecule has 4 N–H and O–H groups in total. The molecule has 0 aliphatic rings. The molecular formula is C12H13N5O2. The average molecular weight is 259 g/mol. The number of rotatable bonds is 3. The smallest absolute Gasteiger partial charge is 0.332 e. The van der Waals surface area contributed by atoms with Crippen molar-refractivity contribution in [2.24, 2.45) is 10.8 Å². The van der Waals surface area contributed by atoms with Gasteiger partial charge in [0, 0.05) is 5.69 Å². The molecule has 0 bridgehead atoms. The number of nitrogens with one attached hydrogen (secondary N) is 2. The molecule has 0 aliphatic carbocycles. The van der Waals surface area contributed by atoms with E-state index in [0.717, 1.165) is 5.69 Å². The molecule has 19 heavy (non-hydrogen) atoms. The number of hydrogen-bond acceptors (Lipinski definition) is 3. The summed E-state index contributed by atoms with van der Waals surface area (Å²) in [7, 11) is 0. The van der Waals surface area contributed by atoms with Crippen molar-refractivity contribution in [2.75, 3.05) is 0 Å². The maximum Gasteiger partial charge on any atom is 0.332 e. The fourth-order valence-corrected chi connectivity index (χ4v) is 1.63. The molecule has 1 aromatic heterocycles. The van der Waals surface area contributed by atoms with E-state index < -0.39 is 6.03 Å². The summed E-state index contributed by atoms with van der Waals surface area (Å²) in [6.45, 7) is 1.74. The van der Waals surface area contributed by atoms with Crippen molar-refractivity contribution < 1.29 is 4.79 Å². The normalized spacial score (nSPS) is 10.8. The van der Waals surface area contributed by atoms with Crippen LogP contribution in [-0.4, -0.2) is 22.0 Å². The summed E-state index contributed by atoms with van der Waals surface area (Å²) in [6, 6.07) is 8.36. The van der Waals surface area contributed by atoms with Gasteiger partial charge in [0.05, 0.1) is 17.5 Å². The third kappa shape index (κ3) is 2.71. The van der Waals surface area contributed by atoms with Gasteiger partial charge >= 0.3 is 6.03 Å². The van der Waals surface area contributed by atoms with Crippen LogP contribution in [0.5, 0.6) is 0 Å². The Bertz CT molecular complexity index is 669. The van der Waals surface area contributed by atoms with Crippen LogP contribution in [0.25, 0.3) is 5.69 Å². The number of carbonyl (C=O) groups is 1. The molecule has 0 radical (unpaired) electrons. The van der Waals surface area contributed by atoms with E-state index in [9.17, 15) is 9.59 Å². The van der Waals surface area contributed by atoms with E-state index in [4.69, 9.17) is 5.73 Å². The quantitative estimate of drug-likeness (QED) is 0.551. The molecule has 2 rings (SSSR count). The summed E-state index contributed by atoms with van der Waals surface area (Å²) in [4.78, 5) is 22.7. The fourth-order valence-electron chi connectivity index (χ4n) is 1.63. The van der Waals surface area contributed by atoms with Gasteiger partial charge in [-0.1, -0.05) is 18.2 Å². The number of H-pyrrole nitrogens is 1. The third-order valence-corrected chi connectivity index (χ3v) is 2.50. The molecular weight excluding hydrogens is 246 g/mol. The Kier molecular flexibility index (Phi) is 3.46. The Morgan fingerprint density at radius 1 is 1.42 bits per heavy atom. The molecule has 0 saturated heterocycles. The van der Waals surface area contributed by atoms with E-state index in [0.29, 0.717) is 11.3 Å². The van der Waals surface area contributed by atoms with Crippen molar-refractivity contribution in [3.05, 3.63) is 51.9 Å². The highest BCUT2D eigenvalue weighted by atomic mass is 16.2. The van der Waals surface area contributed by atoms with E-state index in [2.05, 4.69) is 10.2 Å². The highest BCUT2D eigenvalue weighted by Crippen LogP contribution is 2.05. The van der Waals surface area contributed by atoms with Crippen molar-refractivity contribution in [1.29, 1.82) is 0 Å². The number of carbonyl (C=O) groups excluding carboxylic acids is 1. The van der Waals surface area contributed by atoms with Gasteiger partial charge in [0.15, 0.2) is 0 Å². The summed E-state index contributed by atoms with van der Waals surface area (Å²) >= 11 is 0. The number of amides is 2. The largest absolute Gasteiger partial charge is 0.350 e. The van der Waals surface area contributed by atoms with E-state index in [1.165, 1.54) is 10.9 Å². The molecule has 0 atom stereocenters. The standard InChI is InChI=1S/C12H13N5O2/c1-8-10(7-14-15-12(13)19)11(18)17(16-8)9-5-3-2-4-6-9/h2-7,16H,1H3,(H3,13,15,19)/b14-7-. The van der Waals surface area contributed by atoms with Crippen molar-refractivity contribution in [3.8, 4) is 5.69 Å². The Hall–Kier alpha value is -2.83. The van der Waals surface area contributed by atoms with Crippen LogP contribution in [0.1, 0.15) is 11.3 Å². The number of para-hydroxylation sites is 1. The molecule has 1 heterocycles. The molecule has 0 saturated carbocycles. The number of aromatic nitrogens is 2. The summed E-state index contributed by atoms with van der Waals surface area (Å²) in [5, 5.41) is 6.52. The second kappa shape index (κ2) is 5.21. The van der Waals surface area contributed by atoms with Crippen LogP contribution in [0.3, 0.4) is 0 Å². The summed E-state index contributed by atoms with van der Waals surface area (Å²) in [6.07, 6.45) is 1.26. The molecule has 7 heteroatoms. The lowest BCUT2D eigenvalue weighted by molar-refractivity contribution is 0.249. The Morgan fingerprint density at radius 3 is 2.74 bits per heavy atom. The first kappa shape index (κ1) is 12.6. The minimum atomic E-state index is -0.784. The molecule has 2 aromatic rings. The highest BCUT2D eigenvalue weighted by molar-refractivity contribution is 5.82. The second-order valence-electron chi connectivity index (χ2n) is 3.86. The monoisotopic (exact) mass is 259 g/mol. The molecule has 0 spiro atoms. The number of primary amides is 1. The number of aromatic amines is 1. The third-order valence-electron chi connectivity index (χ3n) is 2.50. The van der Waals surface area contributed by atoms with E-state index in [-0.39, 0.29) is 5.56 Å². The lowest BCUT2D eigenvalue weighted by Crippen LogP contribution is -2.25. The first-order chi connectivity index (χ1) is 9.09. The topological polar surface area (TPSA) is 105 Å². The number of urea groups is 1. The van der Waals surface area contributed by atoms with Crippen molar-refractivity contribution in [2.45, 2.75) is 6.92 Å². The molecule has 98 valence electrons. The number of benzene rings is 1.